The summed E-state index contributed by atoms with van der Waals surface area (Å²) in [5, 5.41) is 11.0. The molecule has 0 atom stereocenters. The summed E-state index contributed by atoms with van der Waals surface area (Å²) in [4.78, 5) is 21.7. The number of nitro benzene ring substituents is 1. The molecule has 0 amide bonds. The smallest absolute Gasteiger partial charge is 0.387 e. The molecule has 0 fully saturated rings. The highest BCUT2D eigenvalue weighted by molar-refractivity contribution is 9.08. The van der Waals surface area contributed by atoms with Crippen molar-refractivity contribution in [3.05, 3.63) is 33.4 Å². The largest absolute Gasteiger partial charge is 0.466 e. The van der Waals surface area contributed by atoms with Gasteiger partial charge >= 0.3 is 12.6 Å². The molecule has 0 aliphatic heterocycles. The van der Waals surface area contributed by atoms with Gasteiger partial charge in [-0.15, -0.1) is 0 Å². The van der Waals surface area contributed by atoms with Crippen LogP contribution in [0.3, 0.4) is 0 Å². The second kappa shape index (κ2) is 7.87. The summed E-state index contributed by atoms with van der Waals surface area (Å²) in [5.41, 5.74) is -0.00940. The lowest BCUT2D eigenvalue weighted by atomic mass is 10.1. The zero-order valence-electron chi connectivity index (χ0n) is 11.0. The van der Waals surface area contributed by atoms with Crippen LogP contribution in [0.4, 0.5) is 14.5 Å². The van der Waals surface area contributed by atoms with Crippen molar-refractivity contribution in [1.29, 1.82) is 0 Å². The Balaban J connectivity index is 3.24. The van der Waals surface area contributed by atoms with Gasteiger partial charge in [-0.2, -0.15) is 8.78 Å². The molecule has 0 saturated carbocycles. The SMILES string of the molecule is CCOC(=O)Cc1cc(CBr)c([N+](=O)[O-])cc1OC(F)F. The van der Waals surface area contributed by atoms with E-state index in [9.17, 15) is 23.7 Å². The highest BCUT2D eigenvalue weighted by atomic mass is 79.9. The summed E-state index contributed by atoms with van der Waals surface area (Å²) >= 11 is 3.07. The van der Waals surface area contributed by atoms with Crippen LogP contribution >= 0.6 is 15.9 Å². The molecule has 0 spiro atoms. The molecule has 0 aromatic heterocycles. The van der Waals surface area contributed by atoms with E-state index in [4.69, 9.17) is 4.74 Å². The summed E-state index contributed by atoms with van der Waals surface area (Å²) in [7, 11) is 0. The first-order valence-corrected chi connectivity index (χ1v) is 6.97. The van der Waals surface area contributed by atoms with E-state index < -0.39 is 23.3 Å². The van der Waals surface area contributed by atoms with Gasteiger partial charge in [-0.3, -0.25) is 14.9 Å². The standard InChI is InChI=1S/C12H12BrF2NO5/c1-2-20-11(17)4-7-3-8(6-13)9(16(18)19)5-10(7)21-12(14)15/h3,5,12H,2,4,6H2,1H3. The molecule has 9 heteroatoms. The predicted octanol–water partition coefficient (Wildman–Crippen LogP) is 3.20. The highest BCUT2D eigenvalue weighted by Gasteiger charge is 2.22. The predicted molar refractivity (Wildman–Crippen MR) is 72.7 cm³/mol. The molecule has 0 radical (unpaired) electrons. The van der Waals surface area contributed by atoms with Gasteiger partial charge in [0.05, 0.1) is 24.0 Å². The van der Waals surface area contributed by atoms with Crippen LogP contribution in [0.15, 0.2) is 12.1 Å². The van der Waals surface area contributed by atoms with E-state index in [1.807, 2.05) is 0 Å². The summed E-state index contributed by atoms with van der Waals surface area (Å²) in [6.45, 7) is -1.41. The van der Waals surface area contributed by atoms with Gasteiger partial charge in [-0.05, 0) is 13.0 Å². The number of nitrogens with zero attached hydrogens (tertiary/aromatic N) is 1. The number of ether oxygens (including phenoxy) is 2. The maximum absolute atomic E-state index is 12.4. The first-order chi connectivity index (χ1) is 9.88. The van der Waals surface area contributed by atoms with Crippen LogP contribution in [0.25, 0.3) is 0 Å². The Morgan fingerprint density at radius 3 is 2.57 bits per heavy atom. The van der Waals surface area contributed by atoms with E-state index in [0.29, 0.717) is 0 Å². The Labute approximate surface area is 127 Å². The molecule has 1 rings (SSSR count). The van der Waals surface area contributed by atoms with Crippen LogP contribution in [-0.2, 0) is 21.3 Å². The lowest BCUT2D eigenvalue weighted by molar-refractivity contribution is -0.385. The van der Waals surface area contributed by atoms with E-state index in [-0.39, 0.29) is 35.2 Å². The Morgan fingerprint density at radius 2 is 2.10 bits per heavy atom. The molecule has 0 aliphatic carbocycles. The van der Waals surface area contributed by atoms with Crippen molar-refractivity contribution < 1.29 is 28.0 Å². The van der Waals surface area contributed by atoms with Crippen molar-refractivity contribution >= 4 is 27.6 Å². The van der Waals surface area contributed by atoms with Crippen LogP contribution in [0, 0.1) is 10.1 Å². The normalized spacial score (nSPS) is 10.5. The van der Waals surface area contributed by atoms with Gasteiger partial charge in [0.15, 0.2) is 0 Å². The number of carbonyl (C=O) groups excluding carboxylic acids is 1. The van der Waals surface area contributed by atoms with Crippen molar-refractivity contribution in [2.24, 2.45) is 0 Å². The molecule has 0 N–H and O–H groups in total. The summed E-state index contributed by atoms with van der Waals surface area (Å²) in [6, 6.07) is 2.17. The number of nitro groups is 1. The zero-order chi connectivity index (χ0) is 16.0. The van der Waals surface area contributed by atoms with Crippen LogP contribution in [0.5, 0.6) is 5.75 Å². The van der Waals surface area contributed by atoms with E-state index in [1.54, 1.807) is 6.92 Å². The molecule has 1 aromatic carbocycles. The number of hydrogen-bond donors (Lipinski definition) is 0. The lowest BCUT2D eigenvalue weighted by Crippen LogP contribution is -2.12. The lowest BCUT2D eigenvalue weighted by Gasteiger charge is -2.12. The molecule has 0 heterocycles. The zero-order valence-corrected chi connectivity index (χ0v) is 12.6. The van der Waals surface area contributed by atoms with Crippen molar-refractivity contribution in [3.8, 4) is 5.75 Å². The number of rotatable bonds is 7. The second-order valence-electron chi connectivity index (χ2n) is 3.84. The molecular formula is C12H12BrF2NO5. The second-order valence-corrected chi connectivity index (χ2v) is 4.40. The number of esters is 1. The van der Waals surface area contributed by atoms with Gasteiger partial charge in [-0.25, -0.2) is 0 Å². The number of benzene rings is 1. The van der Waals surface area contributed by atoms with Gasteiger partial charge in [0, 0.05) is 16.5 Å². The Hall–Kier alpha value is -1.77. The third-order valence-corrected chi connectivity index (χ3v) is 3.06. The van der Waals surface area contributed by atoms with Gasteiger partial charge in [-0.1, -0.05) is 15.9 Å². The van der Waals surface area contributed by atoms with Gasteiger partial charge < -0.3 is 9.47 Å². The maximum Gasteiger partial charge on any atom is 0.387 e. The molecule has 1 aromatic rings. The molecule has 0 bridgehead atoms. The Bertz CT molecular complexity index is 539. The minimum atomic E-state index is -3.15. The van der Waals surface area contributed by atoms with Crippen LogP contribution in [-0.4, -0.2) is 24.1 Å². The van der Waals surface area contributed by atoms with Crippen LogP contribution < -0.4 is 4.74 Å². The molecular weight excluding hydrogens is 356 g/mol. The first kappa shape index (κ1) is 17.3. The van der Waals surface area contributed by atoms with Crippen molar-refractivity contribution in [2.45, 2.75) is 25.3 Å². The third kappa shape index (κ3) is 4.92. The van der Waals surface area contributed by atoms with Crippen molar-refractivity contribution in [2.75, 3.05) is 6.61 Å². The van der Waals surface area contributed by atoms with E-state index in [1.165, 1.54) is 6.07 Å². The van der Waals surface area contributed by atoms with Gasteiger partial charge in [0.2, 0.25) is 0 Å². The number of halogens is 3. The average molecular weight is 368 g/mol. The average Bonchev–Trinajstić information content (AvgIpc) is 2.39. The van der Waals surface area contributed by atoms with Crippen molar-refractivity contribution in [1.82, 2.24) is 0 Å². The topological polar surface area (TPSA) is 78.7 Å². The monoisotopic (exact) mass is 367 g/mol. The van der Waals surface area contributed by atoms with Crippen LogP contribution in [0.2, 0.25) is 0 Å². The van der Waals surface area contributed by atoms with E-state index in [2.05, 4.69) is 20.7 Å². The number of hydrogen-bond acceptors (Lipinski definition) is 5. The van der Waals surface area contributed by atoms with E-state index in [0.717, 1.165) is 6.07 Å². The maximum atomic E-state index is 12.4. The highest BCUT2D eigenvalue weighted by Crippen LogP contribution is 2.32. The fraction of sp³-hybridized carbons (Fsp3) is 0.417. The molecule has 0 aliphatic rings. The first-order valence-electron chi connectivity index (χ1n) is 5.85. The summed E-state index contributed by atoms with van der Waals surface area (Å²) in [5.74, 6) is -1.04. The summed E-state index contributed by atoms with van der Waals surface area (Å²) < 4.78 is 33.8. The van der Waals surface area contributed by atoms with E-state index >= 15 is 0 Å². The Kier molecular flexibility index (Phi) is 6.47. The number of alkyl halides is 3. The minimum absolute atomic E-state index is 0.105. The molecule has 0 unspecified atom stereocenters. The number of carbonyl (C=O) groups is 1. The van der Waals surface area contributed by atoms with Gasteiger partial charge in [0.25, 0.3) is 5.69 Å². The van der Waals surface area contributed by atoms with Gasteiger partial charge in [0.1, 0.15) is 5.75 Å². The third-order valence-electron chi connectivity index (χ3n) is 2.46. The Morgan fingerprint density at radius 1 is 1.43 bits per heavy atom. The summed E-state index contributed by atoms with van der Waals surface area (Å²) in [6.07, 6.45) is -0.312. The van der Waals surface area contributed by atoms with Crippen LogP contribution in [0.1, 0.15) is 18.1 Å². The fourth-order valence-corrected chi connectivity index (χ4v) is 2.10. The molecule has 21 heavy (non-hydrogen) atoms. The minimum Gasteiger partial charge on any atom is -0.466 e. The quantitative estimate of drug-likeness (QED) is 0.320. The molecule has 0 saturated heterocycles. The molecule has 116 valence electrons. The molecule has 6 nitrogen and oxygen atoms in total. The van der Waals surface area contributed by atoms with Crippen molar-refractivity contribution in [3.63, 3.8) is 0 Å². The fourth-order valence-electron chi connectivity index (χ4n) is 1.65.